The fourth-order valence-corrected chi connectivity index (χ4v) is 1.32. The molecule has 0 spiro atoms. The molecule has 18 heavy (non-hydrogen) atoms. The highest BCUT2D eigenvalue weighted by Gasteiger charge is 2.43. The van der Waals surface area contributed by atoms with E-state index in [0.717, 1.165) is 6.07 Å². The number of rotatable bonds is 2. The fourth-order valence-electron chi connectivity index (χ4n) is 1.32. The molecule has 96 valence electrons. The van der Waals surface area contributed by atoms with Crippen molar-refractivity contribution >= 4 is 5.69 Å². The number of nitro benzene ring substituents is 1. The van der Waals surface area contributed by atoms with E-state index in [1.807, 2.05) is 0 Å². The van der Waals surface area contributed by atoms with E-state index < -0.39 is 39.7 Å². The molecule has 0 amide bonds. The van der Waals surface area contributed by atoms with E-state index in [1.165, 1.54) is 6.07 Å². The number of hydrogen-bond acceptors (Lipinski definition) is 5. The summed E-state index contributed by atoms with van der Waals surface area (Å²) in [5.74, 6) is -1.13. The van der Waals surface area contributed by atoms with Crippen molar-refractivity contribution in [2.75, 3.05) is 0 Å². The van der Waals surface area contributed by atoms with Gasteiger partial charge < -0.3 is 10.8 Å². The summed E-state index contributed by atoms with van der Waals surface area (Å²) in [5.41, 5.74) is 2.21. The summed E-state index contributed by atoms with van der Waals surface area (Å²) in [6, 6.07) is 0.209. The van der Waals surface area contributed by atoms with Crippen molar-refractivity contribution in [3.05, 3.63) is 33.4 Å². The number of alkyl halides is 3. The normalized spacial score (nSPS) is 12.8. The highest BCUT2D eigenvalue weighted by Crippen LogP contribution is 2.41. The van der Waals surface area contributed by atoms with Gasteiger partial charge >= 0.3 is 6.18 Å². The summed E-state index contributed by atoms with van der Waals surface area (Å²) in [7, 11) is 0. The lowest BCUT2D eigenvalue weighted by Crippen LogP contribution is -2.29. The summed E-state index contributed by atoms with van der Waals surface area (Å²) in [6.07, 6.45) is -4.98. The molecule has 1 atom stereocenters. The number of nitriles is 1. The van der Waals surface area contributed by atoms with Crippen molar-refractivity contribution in [3.63, 3.8) is 0 Å². The molecule has 1 rings (SSSR count). The highest BCUT2D eigenvalue weighted by atomic mass is 19.4. The molecule has 0 unspecified atom stereocenters. The van der Waals surface area contributed by atoms with Crippen molar-refractivity contribution in [1.29, 1.82) is 5.26 Å². The van der Waals surface area contributed by atoms with E-state index in [1.54, 1.807) is 0 Å². The topological polar surface area (TPSA) is 113 Å². The molecule has 0 fully saturated rings. The van der Waals surface area contributed by atoms with Gasteiger partial charge in [-0.15, -0.1) is 0 Å². The first-order valence-electron chi connectivity index (χ1n) is 4.42. The van der Waals surface area contributed by atoms with Crippen LogP contribution in [0.15, 0.2) is 12.1 Å². The van der Waals surface area contributed by atoms with Crippen molar-refractivity contribution < 1.29 is 23.2 Å². The molecule has 0 heterocycles. The molecule has 0 saturated heterocycles. The second-order valence-electron chi connectivity index (χ2n) is 3.28. The van der Waals surface area contributed by atoms with Gasteiger partial charge in [0.25, 0.3) is 5.69 Å². The minimum atomic E-state index is -4.98. The lowest BCUT2D eigenvalue weighted by molar-refractivity contribution is -0.386. The third kappa shape index (κ3) is 2.33. The van der Waals surface area contributed by atoms with Crippen LogP contribution < -0.4 is 5.73 Å². The molecule has 3 N–H and O–H groups in total. The van der Waals surface area contributed by atoms with Crippen LogP contribution in [0.4, 0.5) is 18.9 Å². The molecule has 6 nitrogen and oxygen atoms in total. The molecule has 0 aliphatic rings. The molecule has 1 aromatic carbocycles. The summed E-state index contributed by atoms with van der Waals surface area (Å²) >= 11 is 0. The quantitative estimate of drug-likeness (QED) is 0.621. The van der Waals surface area contributed by atoms with Crippen LogP contribution in [0.1, 0.15) is 17.2 Å². The van der Waals surface area contributed by atoms with Crippen LogP contribution in [-0.4, -0.2) is 16.2 Å². The van der Waals surface area contributed by atoms with Gasteiger partial charge in [-0.25, -0.2) is 0 Å². The predicted molar refractivity (Wildman–Crippen MR) is 52.5 cm³/mol. The highest BCUT2D eigenvalue weighted by molar-refractivity contribution is 5.58. The van der Waals surface area contributed by atoms with Gasteiger partial charge in [-0.2, -0.15) is 18.4 Å². The third-order valence-corrected chi connectivity index (χ3v) is 2.17. The third-order valence-electron chi connectivity index (χ3n) is 2.17. The van der Waals surface area contributed by atoms with Gasteiger partial charge in [-0.05, 0) is 6.07 Å². The first-order chi connectivity index (χ1) is 8.20. The zero-order valence-corrected chi connectivity index (χ0v) is 8.60. The lowest BCUT2D eigenvalue weighted by atomic mass is 10.0. The van der Waals surface area contributed by atoms with Crippen molar-refractivity contribution in [1.82, 2.24) is 0 Å². The summed E-state index contributed by atoms with van der Waals surface area (Å²) < 4.78 is 37.4. The minimum Gasteiger partial charge on any atom is -0.506 e. The Hall–Kier alpha value is -2.34. The number of nitrogens with two attached hydrogens (primary N) is 1. The van der Waals surface area contributed by atoms with Crippen LogP contribution in [0.25, 0.3) is 0 Å². The number of nitro groups is 1. The van der Waals surface area contributed by atoms with E-state index in [-0.39, 0.29) is 0 Å². The maximum absolute atomic E-state index is 12.5. The minimum absolute atomic E-state index is 0.518. The Bertz CT molecular complexity index is 536. The Kier molecular flexibility index (Phi) is 3.43. The monoisotopic (exact) mass is 261 g/mol. The predicted octanol–water partition coefficient (Wildman–Crippen LogP) is 1.73. The maximum atomic E-state index is 12.5. The van der Waals surface area contributed by atoms with E-state index in [0.29, 0.717) is 6.07 Å². The SMILES string of the molecule is N#Cc1ccc([N+](=O)[O-])c([C@@H](N)C(F)(F)F)c1O. The molecule has 9 heteroatoms. The molecule has 0 saturated carbocycles. The average Bonchev–Trinajstić information content (AvgIpc) is 2.26. The van der Waals surface area contributed by atoms with Crippen LogP contribution in [0.3, 0.4) is 0 Å². The number of benzene rings is 1. The van der Waals surface area contributed by atoms with Crippen molar-refractivity contribution in [2.45, 2.75) is 12.2 Å². The zero-order chi connectivity index (χ0) is 14.1. The van der Waals surface area contributed by atoms with E-state index in [2.05, 4.69) is 0 Å². The number of hydrogen-bond donors (Lipinski definition) is 2. The van der Waals surface area contributed by atoms with Gasteiger partial charge in [0.15, 0.2) is 0 Å². The van der Waals surface area contributed by atoms with Crippen LogP contribution in [0.2, 0.25) is 0 Å². The van der Waals surface area contributed by atoms with Crippen LogP contribution in [0.5, 0.6) is 5.75 Å². The van der Waals surface area contributed by atoms with Crippen LogP contribution >= 0.6 is 0 Å². The summed E-state index contributed by atoms with van der Waals surface area (Å²) in [5, 5.41) is 28.6. The van der Waals surface area contributed by atoms with E-state index in [4.69, 9.17) is 11.0 Å². The Morgan fingerprint density at radius 1 is 1.50 bits per heavy atom. The van der Waals surface area contributed by atoms with Gasteiger partial charge in [0.05, 0.1) is 16.1 Å². The van der Waals surface area contributed by atoms with Gasteiger partial charge in [-0.3, -0.25) is 10.1 Å². The smallest absolute Gasteiger partial charge is 0.408 e. The van der Waals surface area contributed by atoms with Gasteiger partial charge in [0.2, 0.25) is 0 Å². The molecule has 0 bridgehead atoms. The maximum Gasteiger partial charge on any atom is 0.408 e. The van der Waals surface area contributed by atoms with Crippen molar-refractivity contribution in [3.8, 4) is 11.8 Å². The Labute approximate surface area is 98.2 Å². The lowest BCUT2D eigenvalue weighted by Gasteiger charge is -2.17. The second kappa shape index (κ2) is 4.50. The molecule has 0 radical (unpaired) electrons. The fraction of sp³-hybridized carbons (Fsp3) is 0.222. The molecule has 0 aliphatic carbocycles. The Morgan fingerprint density at radius 2 is 2.06 bits per heavy atom. The number of phenols is 1. The number of halogens is 3. The van der Waals surface area contributed by atoms with Gasteiger partial charge in [0.1, 0.15) is 17.9 Å². The molecular weight excluding hydrogens is 255 g/mol. The number of aromatic hydroxyl groups is 1. The van der Waals surface area contributed by atoms with E-state index >= 15 is 0 Å². The van der Waals surface area contributed by atoms with Crippen molar-refractivity contribution in [2.24, 2.45) is 5.73 Å². The van der Waals surface area contributed by atoms with E-state index in [9.17, 15) is 28.4 Å². The number of phenolic OH excluding ortho intramolecular Hbond substituents is 1. The van der Waals surface area contributed by atoms with Gasteiger partial charge in [0, 0.05) is 6.07 Å². The zero-order valence-electron chi connectivity index (χ0n) is 8.60. The van der Waals surface area contributed by atoms with Crippen LogP contribution in [-0.2, 0) is 0 Å². The molecule has 1 aromatic rings. The van der Waals surface area contributed by atoms with Gasteiger partial charge in [-0.1, -0.05) is 0 Å². The Morgan fingerprint density at radius 3 is 2.44 bits per heavy atom. The summed E-state index contributed by atoms with van der Waals surface area (Å²) in [6.45, 7) is 0. The van der Waals surface area contributed by atoms with Crippen LogP contribution in [0, 0.1) is 21.4 Å². The standard InChI is InChI=1S/C9H6F3N3O3/c10-9(11,12)8(14)6-5(15(17)18)2-1-4(3-13)7(6)16/h1-2,8,16H,14H2/t8-/m1/s1. The Balaban J connectivity index is 3.57. The second-order valence-corrected chi connectivity index (χ2v) is 3.28. The number of nitrogens with zero attached hydrogens (tertiary/aromatic N) is 2. The summed E-state index contributed by atoms with van der Waals surface area (Å²) in [4.78, 5) is 9.48. The molecular formula is C9H6F3N3O3. The largest absolute Gasteiger partial charge is 0.506 e. The first kappa shape index (κ1) is 13.7. The molecule has 0 aromatic heterocycles. The first-order valence-corrected chi connectivity index (χ1v) is 4.42. The molecule has 0 aliphatic heterocycles. The average molecular weight is 261 g/mol.